The number of rotatable bonds is 3. The third-order valence-corrected chi connectivity index (χ3v) is 3.13. The fraction of sp³-hybridized carbons (Fsp3) is 0.214. The molecule has 0 saturated heterocycles. The molecule has 0 aliphatic carbocycles. The zero-order valence-electron chi connectivity index (χ0n) is 10.3. The molecule has 1 N–H and O–H groups in total. The topological polar surface area (TPSA) is 42.1 Å². The molecule has 2 aromatic rings. The third-order valence-electron chi connectivity index (χ3n) is 2.84. The number of halogens is 1. The van der Waals surface area contributed by atoms with Crippen molar-refractivity contribution in [3.63, 3.8) is 0 Å². The minimum absolute atomic E-state index is 0.143. The second-order valence-electron chi connectivity index (χ2n) is 4.04. The normalized spacial score (nSPS) is 10.4. The van der Waals surface area contributed by atoms with Crippen LogP contribution in [0.15, 0.2) is 35.1 Å². The van der Waals surface area contributed by atoms with Gasteiger partial charge in [-0.15, -0.1) is 11.6 Å². The predicted molar refractivity (Wildman–Crippen MR) is 73.3 cm³/mol. The number of hydrogen-bond acceptors (Lipinski definition) is 2. The van der Waals surface area contributed by atoms with Crippen molar-refractivity contribution in [2.24, 2.45) is 0 Å². The summed E-state index contributed by atoms with van der Waals surface area (Å²) in [6.45, 7) is 1.97. The minimum atomic E-state index is -0.143. The molecule has 0 unspecified atom stereocenters. The van der Waals surface area contributed by atoms with Gasteiger partial charge in [0.25, 0.3) is 5.56 Å². The Morgan fingerprint density at radius 3 is 2.61 bits per heavy atom. The molecule has 1 aromatic carbocycles. The maximum atomic E-state index is 11.7. The Kier molecular flexibility index (Phi) is 3.72. The van der Waals surface area contributed by atoms with Gasteiger partial charge in [-0.05, 0) is 42.3 Å². The van der Waals surface area contributed by atoms with Crippen LogP contribution in [0.1, 0.15) is 11.1 Å². The van der Waals surface area contributed by atoms with E-state index in [1.54, 1.807) is 13.2 Å². The highest BCUT2D eigenvalue weighted by atomic mass is 35.5. The average Bonchev–Trinajstić information content (AvgIpc) is 2.38. The second-order valence-corrected chi connectivity index (χ2v) is 4.31. The first kappa shape index (κ1) is 12.7. The lowest BCUT2D eigenvalue weighted by molar-refractivity contribution is 0.412. The van der Waals surface area contributed by atoms with Gasteiger partial charge in [-0.3, -0.25) is 4.79 Å². The van der Waals surface area contributed by atoms with Crippen molar-refractivity contribution in [1.82, 2.24) is 4.98 Å². The van der Waals surface area contributed by atoms with Gasteiger partial charge in [0.15, 0.2) is 0 Å². The van der Waals surface area contributed by atoms with Gasteiger partial charge < -0.3 is 9.72 Å². The maximum Gasteiger partial charge on any atom is 0.252 e. The summed E-state index contributed by atoms with van der Waals surface area (Å²) in [6.07, 6.45) is 0. The van der Waals surface area contributed by atoms with Crippen LogP contribution in [0.25, 0.3) is 11.3 Å². The van der Waals surface area contributed by atoms with Crippen molar-refractivity contribution in [2.45, 2.75) is 12.8 Å². The standard InChI is InChI=1S/C14H14ClNO2/c1-9-7-10(4-6-13(9)18-2)12-5-3-11(8-15)14(17)16-12/h3-7H,8H2,1-2H3,(H,16,17). The summed E-state index contributed by atoms with van der Waals surface area (Å²) >= 11 is 5.66. The van der Waals surface area contributed by atoms with E-state index >= 15 is 0 Å². The molecule has 3 nitrogen and oxygen atoms in total. The Labute approximate surface area is 110 Å². The largest absolute Gasteiger partial charge is 0.496 e. The van der Waals surface area contributed by atoms with Gasteiger partial charge in [-0.2, -0.15) is 0 Å². The van der Waals surface area contributed by atoms with Crippen molar-refractivity contribution in [3.05, 3.63) is 51.8 Å². The molecule has 0 atom stereocenters. The molecule has 0 aliphatic rings. The highest BCUT2D eigenvalue weighted by molar-refractivity contribution is 6.17. The molecule has 94 valence electrons. The summed E-state index contributed by atoms with van der Waals surface area (Å²) in [5, 5.41) is 0. The number of ether oxygens (including phenoxy) is 1. The summed E-state index contributed by atoms with van der Waals surface area (Å²) in [5.74, 6) is 1.05. The van der Waals surface area contributed by atoms with Crippen LogP contribution in [-0.4, -0.2) is 12.1 Å². The van der Waals surface area contributed by atoms with Gasteiger partial charge in [0.05, 0.1) is 13.0 Å². The molecule has 0 spiro atoms. The van der Waals surface area contributed by atoms with Crippen molar-refractivity contribution >= 4 is 11.6 Å². The summed E-state index contributed by atoms with van der Waals surface area (Å²) in [7, 11) is 1.64. The molecule has 0 amide bonds. The quantitative estimate of drug-likeness (QED) is 0.865. The summed E-state index contributed by atoms with van der Waals surface area (Å²) in [6, 6.07) is 9.39. The zero-order valence-corrected chi connectivity index (χ0v) is 11.0. The molecule has 1 heterocycles. The number of methoxy groups -OCH3 is 1. The van der Waals surface area contributed by atoms with Crippen LogP contribution in [0, 0.1) is 6.92 Å². The second kappa shape index (κ2) is 5.27. The first-order chi connectivity index (χ1) is 8.65. The van der Waals surface area contributed by atoms with Gasteiger partial charge in [0, 0.05) is 11.3 Å². The molecule has 1 aromatic heterocycles. The predicted octanol–water partition coefficient (Wildman–Crippen LogP) is 3.10. The highest BCUT2D eigenvalue weighted by Crippen LogP contribution is 2.24. The van der Waals surface area contributed by atoms with Gasteiger partial charge in [-0.1, -0.05) is 6.07 Å². The van der Waals surface area contributed by atoms with Crippen LogP contribution < -0.4 is 10.3 Å². The van der Waals surface area contributed by atoms with Crippen LogP contribution in [0.3, 0.4) is 0 Å². The SMILES string of the molecule is COc1ccc(-c2ccc(CCl)c(=O)[nH]2)cc1C. The fourth-order valence-electron chi connectivity index (χ4n) is 1.82. The van der Waals surface area contributed by atoms with Crippen LogP contribution in [0.4, 0.5) is 0 Å². The molecule has 0 bridgehead atoms. The fourth-order valence-corrected chi connectivity index (χ4v) is 2.03. The van der Waals surface area contributed by atoms with Gasteiger partial charge in [0.2, 0.25) is 0 Å². The molecule has 0 saturated carbocycles. The number of nitrogens with one attached hydrogen (secondary N) is 1. The van der Waals surface area contributed by atoms with E-state index < -0.39 is 0 Å². The van der Waals surface area contributed by atoms with E-state index in [4.69, 9.17) is 16.3 Å². The van der Waals surface area contributed by atoms with Crippen molar-refractivity contribution in [2.75, 3.05) is 7.11 Å². The number of pyridine rings is 1. The zero-order chi connectivity index (χ0) is 13.1. The third kappa shape index (κ3) is 2.41. The van der Waals surface area contributed by atoms with E-state index in [0.717, 1.165) is 22.6 Å². The Hall–Kier alpha value is -1.74. The molecule has 2 rings (SSSR count). The van der Waals surface area contributed by atoms with Crippen molar-refractivity contribution in [1.29, 1.82) is 0 Å². The number of aromatic nitrogens is 1. The first-order valence-electron chi connectivity index (χ1n) is 5.59. The van der Waals surface area contributed by atoms with Gasteiger partial charge in [-0.25, -0.2) is 0 Å². The van der Waals surface area contributed by atoms with Crippen LogP contribution >= 0.6 is 11.6 Å². The Bertz CT molecular complexity index is 619. The number of aromatic amines is 1. The first-order valence-corrected chi connectivity index (χ1v) is 6.12. The lowest BCUT2D eigenvalue weighted by Gasteiger charge is -2.07. The monoisotopic (exact) mass is 263 g/mol. The van der Waals surface area contributed by atoms with Crippen LogP contribution in [0.5, 0.6) is 5.75 Å². The minimum Gasteiger partial charge on any atom is -0.496 e. The molecule has 0 radical (unpaired) electrons. The highest BCUT2D eigenvalue weighted by Gasteiger charge is 2.05. The number of H-pyrrole nitrogens is 1. The molecular formula is C14H14ClNO2. The number of alkyl halides is 1. The summed E-state index contributed by atoms with van der Waals surface area (Å²) in [5.41, 5.74) is 3.19. The van der Waals surface area contributed by atoms with E-state index in [-0.39, 0.29) is 11.4 Å². The average molecular weight is 264 g/mol. The lowest BCUT2D eigenvalue weighted by atomic mass is 10.1. The Morgan fingerprint density at radius 1 is 1.28 bits per heavy atom. The van der Waals surface area contributed by atoms with E-state index in [0.29, 0.717) is 5.56 Å². The molecule has 0 aliphatic heterocycles. The van der Waals surface area contributed by atoms with Crippen molar-refractivity contribution < 1.29 is 4.74 Å². The van der Waals surface area contributed by atoms with E-state index in [1.165, 1.54) is 0 Å². The number of aryl methyl sites for hydroxylation is 1. The van der Waals surface area contributed by atoms with Crippen LogP contribution in [0.2, 0.25) is 0 Å². The molecular weight excluding hydrogens is 250 g/mol. The molecule has 18 heavy (non-hydrogen) atoms. The Morgan fingerprint density at radius 2 is 2.06 bits per heavy atom. The van der Waals surface area contributed by atoms with E-state index in [2.05, 4.69) is 4.98 Å². The van der Waals surface area contributed by atoms with Gasteiger partial charge >= 0.3 is 0 Å². The number of hydrogen-bond donors (Lipinski definition) is 1. The molecule has 4 heteroatoms. The number of benzene rings is 1. The van der Waals surface area contributed by atoms with Crippen LogP contribution in [-0.2, 0) is 5.88 Å². The van der Waals surface area contributed by atoms with Crippen molar-refractivity contribution in [3.8, 4) is 17.0 Å². The summed E-state index contributed by atoms with van der Waals surface area (Å²) in [4.78, 5) is 14.5. The van der Waals surface area contributed by atoms with E-state index in [1.807, 2.05) is 31.2 Å². The van der Waals surface area contributed by atoms with Gasteiger partial charge in [0.1, 0.15) is 5.75 Å². The summed E-state index contributed by atoms with van der Waals surface area (Å²) < 4.78 is 5.21. The lowest BCUT2D eigenvalue weighted by Crippen LogP contribution is -2.11. The molecule has 0 fully saturated rings. The smallest absolute Gasteiger partial charge is 0.252 e. The maximum absolute atomic E-state index is 11.7. The van der Waals surface area contributed by atoms with E-state index in [9.17, 15) is 4.79 Å². The Balaban J connectivity index is 2.46.